The van der Waals surface area contributed by atoms with Gasteiger partial charge in [0.15, 0.2) is 5.66 Å². The second-order valence-corrected chi connectivity index (χ2v) is 5.67. The van der Waals surface area contributed by atoms with E-state index in [1.165, 1.54) is 6.33 Å². The van der Waals surface area contributed by atoms with Crippen molar-refractivity contribution in [2.75, 3.05) is 11.9 Å². The lowest BCUT2D eigenvalue weighted by atomic mass is 10.0. The minimum atomic E-state index is -0.397. The lowest BCUT2D eigenvalue weighted by Crippen LogP contribution is -2.29. The standard InChI is InChI=1S/C18H18N6O/c1-2-3-9-18(23-24-18)10-11-19-17(25)15-12-16(21-13-20-15)22-14-7-5-4-6-8-14/h1,4-8,12-13H,3,9-11H2,(H,19,25)(H,20,21,22). The van der Waals surface area contributed by atoms with Crippen molar-refractivity contribution in [3.05, 3.63) is 48.4 Å². The molecule has 2 N–H and O–H groups in total. The van der Waals surface area contributed by atoms with E-state index in [1.54, 1.807) is 6.07 Å². The summed E-state index contributed by atoms with van der Waals surface area (Å²) in [6.07, 6.45) is 8.61. The van der Waals surface area contributed by atoms with E-state index in [0.717, 1.165) is 12.1 Å². The normalized spacial score (nSPS) is 13.7. The van der Waals surface area contributed by atoms with Gasteiger partial charge in [0, 0.05) is 37.6 Å². The molecule has 126 valence electrons. The predicted octanol–water partition coefficient (Wildman–Crippen LogP) is 2.92. The summed E-state index contributed by atoms with van der Waals surface area (Å²) in [5, 5.41) is 14.1. The molecule has 3 rings (SSSR count). The lowest BCUT2D eigenvalue weighted by Gasteiger charge is -2.10. The zero-order chi connectivity index (χ0) is 17.5. The van der Waals surface area contributed by atoms with Crippen LogP contribution in [0.1, 0.15) is 29.8 Å². The fraction of sp³-hybridized carbons (Fsp3) is 0.278. The molecular formula is C18H18N6O. The first-order valence-corrected chi connectivity index (χ1v) is 8.01. The second-order valence-electron chi connectivity index (χ2n) is 5.67. The van der Waals surface area contributed by atoms with E-state index in [1.807, 2.05) is 30.3 Å². The van der Waals surface area contributed by atoms with E-state index in [-0.39, 0.29) is 5.91 Å². The third kappa shape index (κ3) is 4.61. The van der Waals surface area contributed by atoms with Gasteiger partial charge in [-0.05, 0) is 12.1 Å². The lowest BCUT2D eigenvalue weighted by molar-refractivity contribution is 0.0947. The molecule has 0 spiro atoms. The molecule has 2 heterocycles. The molecule has 0 radical (unpaired) electrons. The maximum absolute atomic E-state index is 12.2. The van der Waals surface area contributed by atoms with Gasteiger partial charge in [0.25, 0.3) is 5.91 Å². The fourth-order valence-electron chi connectivity index (χ4n) is 2.35. The maximum atomic E-state index is 12.2. The molecule has 0 aliphatic carbocycles. The van der Waals surface area contributed by atoms with Gasteiger partial charge >= 0.3 is 0 Å². The molecule has 0 atom stereocenters. The van der Waals surface area contributed by atoms with Gasteiger partial charge in [0.2, 0.25) is 0 Å². The number of para-hydroxylation sites is 1. The molecule has 2 aromatic rings. The van der Waals surface area contributed by atoms with E-state index in [2.05, 4.69) is 36.8 Å². The van der Waals surface area contributed by atoms with Crippen LogP contribution in [0.3, 0.4) is 0 Å². The van der Waals surface area contributed by atoms with Gasteiger partial charge in [0.1, 0.15) is 17.8 Å². The Hall–Kier alpha value is -3.27. The van der Waals surface area contributed by atoms with E-state index >= 15 is 0 Å². The smallest absolute Gasteiger partial charge is 0.270 e. The van der Waals surface area contributed by atoms with Crippen LogP contribution >= 0.6 is 0 Å². The van der Waals surface area contributed by atoms with Gasteiger partial charge in [-0.1, -0.05) is 18.2 Å². The molecule has 0 unspecified atom stereocenters. The third-order valence-electron chi connectivity index (χ3n) is 3.81. The Morgan fingerprint density at radius 3 is 2.68 bits per heavy atom. The third-order valence-corrected chi connectivity index (χ3v) is 3.81. The van der Waals surface area contributed by atoms with Crippen LogP contribution in [0.2, 0.25) is 0 Å². The molecule has 1 amide bonds. The van der Waals surface area contributed by atoms with Crippen molar-refractivity contribution in [2.24, 2.45) is 10.2 Å². The van der Waals surface area contributed by atoms with Crippen molar-refractivity contribution in [1.82, 2.24) is 15.3 Å². The number of nitrogens with zero attached hydrogens (tertiary/aromatic N) is 4. The summed E-state index contributed by atoms with van der Waals surface area (Å²) < 4.78 is 0. The van der Waals surface area contributed by atoms with Gasteiger partial charge in [-0.2, -0.15) is 10.2 Å². The van der Waals surface area contributed by atoms with Crippen LogP contribution < -0.4 is 10.6 Å². The Labute approximate surface area is 146 Å². The highest BCUT2D eigenvalue weighted by molar-refractivity contribution is 5.92. The summed E-state index contributed by atoms with van der Waals surface area (Å²) in [5.74, 6) is 2.88. The van der Waals surface area contributed by atoms with E-state index in [4.69, 9.17) is 6.42 Å². The van der Waals surface area contributed by atoms with Crippen LogP contribution in [0.5, 0.6) is 0 Å². The number of anilines is 2. The average Bonchev–Trinajstić information content (AvgIpc) is 3.41. The average molecular weight is 334 g/mol. The van der Waals surface area contributed by atoms with Gasteiger partial charge in [0.05, 0.1) is 0 Å². The topological polar surface area (TPSA) is 91.6 Å². The number of rotatable bonds is 8. The maximum Gasteiger partial charge on any atom is 0.270 e. The Morgan fingerprint density at radius 2 is 1.96 bits per heavy atom. The highest BCUT2D eigenvalue weighted by Gasteiger charge is 2.38. The van der Waals surface area contributed by atoms with E-state index in [0.29, 0.717) is 30.9 Å². The zero-order valence-corrected chi connectivity index (χ0v) is 13.6. The summed E-state index contributed by atoms with van der Waals surface area (Å²) in [6, 6.07) is 11.2. The number of amides is 1. The molecule has 25 heavy (non-hydrogen) atoms. The number of carbonyl (C=O) groups excluding carboxylic acids is 1. The van der Waals surface area contributed by atoms with Gasteiger partial charge < -0.3 is 10.6 Å². The molecular weight excluding hydrogens is 316 g/mol. The first-order valence-electron chi connectivity index (χ1n) is 8.01. The minimum Gasteiger partial charge on any atom is -0.351 e. The molecule has 0 bridgehead atoms. The first-order chi connectivity index (χ1) is 12.2. The van der Waals surface area contributed by atoms with Gasteiger partial charge in [-0.15, -0.1) is 12.3 Å². The highest BCUT2D eigenvalue weighted by atomic mass is 16.1. The van der Waals surface area contributed by atoms with Crippen molar-refractivity contribution >= 4 is 17.4 Å². The second kappa shape index (κ2) is 7.53. The molecule has 1 aliphatic heterocycles. The first kappa shape index (κ1) is 16.6. The van der Waals surface area contributed by atoms with Crippen molar-refractivity contribution < 1.29 is 4.79 Å². The van der Waals surface area contributed by atoms with E-state index < -0.39 is 5.66 Å². The van der Waals surface area contributed by atoms with Crippen LogP contribution in [-0.4, -0.2) is 28.1 Å². The SMILES string of the molecule is C#CCCC1(CCNC(=O)c2cc(Nc3ccccc3)ncn2)N=N1. The number of hydrogen-bond acceptors (Lipinski definition) is 6. The molecule has 0 fully saturated rings. The zero-order valence-electron chi connectivity index (χ0n) is 13.6. The Kier molecular flexibility index (Phi) is 5.00. The molecule has 1 aliphatic rings. The van der Waals surface area contributed by atoms with Crippen LogP contribution in [0.25, 0.3) is 0 Å². The number of benzene rings is 1. The molecule has 7 heteroatoms. The van der Waals surface area contributed by atoms with Crippen LogP contribution in [0, 0.1) is 12.3 Å². The molecule has 7 nitrogen and oxygen atoms in total. The number of carbonyl (C=O) groups is 1. The number of nitrogens with one attached hydrogen (secondary N) is 2. The summed E-state index contributed by atoms with van der Waals surface area (Å²) in [6.45, 7) is 0.460. The molecule has 0 saturated heterocycles. The molecule has 1 aromatic heterocycles. The molecule has 1 aromatic carbocycles. The fourth-order valence-corrected chi connectivity index (χ4v) is 2.35. The highest BCUT2D eigenvalue weighted by Crippen LogP contribution is 2.36. The van der Waals surface area contributed by atoms with Crippen molar-refractivity contribution in [1.29, 1.82) is 0 Å². The van der Waals surface area contributed by atoms with Crippen LogP contribution in [0.4, 0.5) is 11.5 Å². The van der Waals surface area contributed by atoms with Crippen LogP contribution in [0.15, 0.2) is 53.0 Å². The quantitative estimate of drug-likeness (QED) is 0.726. The van der Waals surface area contributed by atoms with Crippen molar-refractivity contribution in [3.63, 3.8) is 0 Å². The Balaban J connectivity index is 1.52. The predicted molar refractivity (Wildman–Crippen MR) is 94.4 cm³/mol. The summed E-state index contributed by atoms with van der Waals surface area (Å²) >= 11 is 0. The summed E-state index contributed by atoms with van der Waals surface area (Å²) in [7, 11) is 0. The van der Waals surface area contributed by atoms with Crippen molar-refractivity contribution in [2.45, 2.75) is 24.9 Å². The summed E-state index contributed by atoms with van der Waals surface area (Å²) in [5.41, 5.74) is 0.793. The Morgan fingerprint density at radius 1 is 1.16 bits per heavy atom. The van der Waals surface area contributed by atoms with Gasteiger partial charge in [-0.25, -0.2) is 9.97 Å². The van der Waals surface area contributed by atoms with Crippen molar-refractivity contribution in [3.8, 4) is 12.3 Å². The minimum absolute atomic E-state index is 0.258. The van der Waals surface area contributed by atoms with Gasteiger partial charge in [-0.3, -0.25) is 4.79 Å². The monoisotopic (exact) mass is 334 g/mol. The number of hydrogen-bond donors (Lipinski definition) is 2. The summed E-state index contributed by atoms with van der Waals surface area (Å²) in [4.78, 5) is 20.4. The number of terminal acetylenes is 1. The van der Waals surface area contributed by atoms with Crippen LogP contribution in [-0.2, 0) is 0 Å². The number of aromatic nitrogens is 2. The van der Waals surface area contributed by atoms with E-state index in [9.17, 15) is 4.79 Å². The largest absolute Gasteiger partial charge is 0.351 e. The Bertz CT molecular complexity index is 806. The molecule has 0 saturated carbocycles.